The first-order valence-electron chi connectivity index (χ1n) is 10.3. The van der Waals surface area contributed by atoms with Crippen LogP contribution in [0, 0.1) is 5.82 Å². The van der Waals surface area contributed by atoms with E-state index in [1.165, 1.54) is 18.2 Å². The van der Waals surface area contributed by atoms with Crippen molar-refractivity contribution in [3.8, 4) is 5.82 Å². The van der Waals surface area contributed by atoms with Crippen LogP contribution >= 0.6 is 0 Å². The number of ketones is 1. The number of nitrogens with one attached hydrogen (secondary N) is 2. The molecule has 0 saturated carbocycles. The minimum Gasteiger partial charge on any atom is -0.308 e. The molecule has 0 aliphatic heterocycles. The summed E-state index contributed by atoms with van der Waals surface area (Å²) in [6, 6.07) is 18.4. The van der Waals surface area contributed by atoms with Crippen molar-refractivity contribution >= 4 is 34.2 Å². The molecule has 3 aromatic carbocycles. The summed E-state index contributed by atoms with van der Waals surface area (Å²) in [4.78, 5) is 34.3. The number of nitrogens with zero attached hydrogens (tertiary/aromatic N) is 4. The number of aromatic nitrogens is 4. The molecule has 2 heterocycles. The number of carbonyl (C=O) groups excluding carboxylic acids is 2. The lowest BCUT2D eigenvalue weighted by molar-refractivity contribution is 0.103. The molecule has 0 unspecified atom stereocenters. The first kappa shape index (κ1) is 21.0. The first-order valence-corrected chi connectivity index (χ1v) is 10.3. The molecule has 0 atom stereocenters. The van der Waals surface area contributed by atoms with Gasteiger partial charge in [0.1, 0.15) is 5.82 Å². The third kappa shape index (κ3) is 4.49. The minimum atomic E-state index is -0.553. The normalized spacial score (nSPS) is 10.7. The first-order chi connectivity index (χ1) is 16.5. The molecule has 2 N–H and O–H groups in total. The lowest BCUT2D eigenvalue weighted by Gasteiger charge is -2.09. The van der Waals surface area contributed by atoms with Gasteiger partial charge in [-0.3, -0.25) is 9.78 Å². The molecule has 2 amide bonds. The fourth-order valence-corrected chi connectivity index (χ4v) is 3.42. The number of rotatable bonds is 5. The molecule has 5 rings (SSSR count). The van der Waals surface area contributed by atoms with Crippen molar-refractivity contribution in [3.05, 3.63) is 108 Å². The van der Waals surface area contributed by atoms with Gasteiger partial charge in [-0.15, -0.1) is 0 Å². The second-order valence-corrected chi connectivity index (χ2v) is 7.38. The Hall–Kier alpha value is -4.92. The van der Waals surface area contributed by atoms with Gasteiger partial charge in [-0.2, -0.15) is 5.10 Å². The fraction of sp³-hybridized carbons (Fsp3) is 0. The SMILES string of the molecule is O=C(Nc1cccc(F)c1)Nc1cccc(C(=O)c2ccc3ncc(-n4cccn4)nc3c2)c1. The Balaban J connectivity index is 1.36. The van der Waals surface area contributed by atoms with Gasteiger partial charge in [-0.05, 0) is 54.6 Å². The summed E-state index contributed by atoms with van der Waals surface area (Å²) in [6.07, 6.45) is 5.01. The lowest BCUT2D eigenvalue weighted by Crippen LogP contribution is -2.19. The molecule has 0 aliphatic rings. The van der Waals surface area contributed by atoms with E-state index in [1.54, 1.807) is 77.9 Å². The maximum atomic E-state index is 13.3. The van der Waals surface area contributed by atoms with Crippen LogP contribution < -0.4 is 10.6 Å². The number of hydrogen-bond donors (Lipinski definition) is 2. The number of benzene rings is 3. The average Bonchev–Trinajstić information content (AvgIpc) is 3.38. The van der Waals surface area contributed by atoms with E-state index in [2.05, 4.69) is 25.7 Å². The van der Waals surface area contributed by atoms with E-state index in [4.69, 9.17) is 0 Å². The topological polar surface area (TPSA) is 102 Å². The van der Waals surface area contributed by atoms with Crippen molar-refractivity contribution in [2.45, 2.75) is 0 Å². The van der Waals surface area contributed by atoms with Gasteiger partial charge in [0.15, 0.2) is 11.6 Å². The summed E-state index contributed by atoms with van der Waals surface area (Å²) >= 11 is 0. The van der Waals surface area contributed by atoms with Crippen molar-refractivity contribution in [2.75, 3.05) is 10.6 Å². The zero-order valence-electron chi connectivity index (χ0n) is 17.6. The van der Waals surface area contributed by atoms with Crippen molar-refractivity contribution in [1.29, 1.82) is 0 Å². The number of hydrogen-bond acceptors (Lipinski definition) is 5. The Labute approximate surface area is 193 Å². The molecule has 0 saturated heterocycles. The van der Waals surface area contributed by atoms with Gasteiger partial charge < -0.3 is 10.6 Å². The van der Waals surface area contributed by atoms with E-state index < -0.39 is 11.8 Å². The summed E-state index contributed by atoms with van der Waals surface area (Å²) in [5.41, 5.74) is 2.76. The second kappa shape index (κ2) is 8.91. The number of amides is 2. The zero-order chi connectivity index (χ0) is 23.5. The van der Waals surface area contributed by atoms with Crippen LogP contribution in [0.15, 0.2) is 91.4 Å². The molecule has 166 valence electrons. The van der Waals surface area contributed by atoms with E-state index in [-0.39, 0.29) is 5.78 Å². The van der Waals surface area contributed by atoms with E-state index in [0.717, 1.165) is 0 Å². The molecule has 2 aromatic heterocycles. The lowest BCUT2D eigenvalue weighted by atomic mass is 10.0. The van der Waals surface area contributed by atoms with Gasteiger partial charge in [0.05, 0.1) is 17.2 Å². The molecule has 0 radical (unpaired) electrons. The molecule has 8 nitrogen and oxygen atoms in total. The van der Waals surface area contributed by atoms with Crippen molar-refractivity contribution < 1.29 is 14.0 Å². The monoisotopic (exact) mass is 452 g/mol. The van der Waals surface area contributed by atoms with Gasteiger partial charge >= 0.3 is 6.03 Å². The summed E-state index contributed by atoms with van der Waals surface area (Å²) in [5.74, 6) is -0.151. The number of anilines is 2. The highest BCUT2D eigenvalue weighted by atomic mass is 19.1. The van der Waals surface area contributed by atoms with E-state index >= 15 is 0 Å². The predicted octanol–water partition coefficient (Wildman–Crippen LogP) is 4.83. The van der Waals surface area contributed by atoms with E-state index in [9.17, 15) is 14.0 Å². The van der Waals surface area contributed by atoms with Crippen LogP contribution in [0.1, 0.15) is 15.9 Å². The van der Waals surface area contributed by atoms with Crippen LogP contribution in [0.2, 0.25) is 0 Å². The molecular weight excluding hydrogens is 435 g/mol. The molecule has 0 spiro atoms. The summed E-state index contributed by atoms with van der Waals surface area (Å²) < 4.78 is 14.9. The summed E-state index contributed by atoms with van der Waals surface area (Å²) in [5, 5.41) is 9.36. The van der Waals surface area contributed by atoms with Crippen LogP contribution in [-0.2, 0) is 0 Å². The van der Waals surface area contributed by atoms with E-state index in [1.807, 2.05) is 0 Å². The van der Waals surface area contributed by atoms with Crippen LogP contribution in [0.25, 0.3) is 16.9 Å². The molecule has 34 heavy (non-hydrogen) atoms. The Morgan fingerprint density at radius 3 is 2.35 bits per heavy atom. The smallest absolute Gasteiger partial charge is 0.308 e. The number of fused-ring (bicyclic) bond motifs is 1. The van der Waals surface area contributed by atoms with Crippen molar-refractivity contribution in [2.24, 2.45) is 0 Å². The van der Waals surface area contributed by atoms with Crippen molar-refractivity contribution in [3.63, 3.8) is 0 Å². The maximum absolute atomic E-state index is 13.3. The largest absolute Gasteiger partial charge is 0.323 e. The van der Waals surface area contributed by atoms with Gasteiger partial charge in [0.25, 0.3) is 0 Å². The highest BCUT2D eigenvalue weighted by molar-refractivity contribution is 6.11. The molecule has 0 bridgehead atoms. The summed E-state index contributed by atoms with van der Waals surface area (Å²) in [6.45, 7) is 0. The molecule has 0 fully saturated rings. The molecule has 0 aliphatic carbocycles. The standard InChI is InChI=1S/C25H17FN6O2/c26-18-5-2-7-20(14-18)30-25(34)29-19-6-1-4-16(12-19)24(33)17-8-9-21-22(13-17)31-23(15-27-21)32-11-3-10-28-32/h1-15H,(H2,29,30,34). The third-order valence-corrected chi connectivity index (χ3v) is 5.00. The molecule has 9 heteroatoms. The Kier molecular flexibility index (Phi) is 5.49. The van der Waals surface area contributed by atoms with E-state index in [0.29, 0.717) is 39.4 Å². The number of halogens is 1. The minimum absolute atomic E-state index is 0.234. The Morgan fingerprint density at radius 2 is 1.59 bits per heavy atom. The Bertz CT molecular complexity index is 1520. The van der Waals surface area contributed by atoms with Gasteiger partial charge in [0.2, 0.25) is 0 Å². The van der Waals surface area contributed by atoms with Crippen LogP contribution in [-0.4, -0.2) is 31.6 Å². The van der Waals surface area contributed by atoms with Crippen molar-refractivity contribution in [1.82, 2.24) is 19.7 Å². The van der Waals surface area contributed by atoms with Crippen LogP contribution in [0.4, 0.5) is 20.6 Å². The quantitative estimate of drug-likeness (QED) is 0.372. The molecular formula is C25H17FN6O2. The van der Waals surface area contributed by atoms with Crippen LogP contribution in [0.5, 0.6) is 0 Å². The zero-order valence-corrected chi connectivity index (χ0v) is 17.6. The maximum Gasteiger partial charge on any atom is 0.323 e. The van der Waals surface area contributed by atoms with Gasteiger partial charge in [-0.1, -0.05) is 18.2 Å². The Morgan fingerprint density at radius 1 is 0.824 bits per heavy atom. The van der Waals surface area contributed by atoms with Gasteiger partial charge in [0, 0.05) is 34.9 Å². The number of urea groups is 1. The predicted molar refractivity (Wildman–Crippen MR) is 126 cm³/mol. The molecule has 5 aromatic rings. The van der Waals surface area contributed by atoms with Crippen LogP contribution in [0.3, 0.4) is 0 Å². The summed E-state index contributed by atoms with van der Waals surface area (Å²) in [7, 11) is 0. The fourth-order valence-electron chi connectivity index (χ4n) is 3.42. The highest BCUT2D eigenvalue weighted by Gasteiger charge is 2.13. The average molecular weight is 452 g/mol. The highest BCUT2D eigenvalue weighted by Crippen LogP contribution is 2.19. The number of carbonyl (C=O) groups is 2. The third-order valence-electron chi connectivity index (χ3n) is 5.00. The van der Waals surface area contributed by atoms with Gasteiger partial charge in [-0.25, -0.2) is 18.9 Å². The second-order valence-electron chi connectivity index (χ2n) is 7.38.